The molecule has 0 aliphatic carbocycles. The van der Waals surface area contributed by atoms with Crippen LogP contribution in [-0.2, 0) is 4.79 Å². The minimum absolute atomic E-state index is 0.0122. The van der Waals surface area contributed by atoms with E-state index in [0.29, 0.717) is 42.3 Å². The summed E-state index contributed by atoms with van der Waals surface area (Å²) < 4.78 is 5.69. The molecule has 2 aromatic carbocycles. The second-order valence-electron chi connectivity index (χ2n) is 7.92. The van der Waals surface area contributed by atoms with E-state index < -0.39 is 0 Å². The predicted molar refractivity (Wildman–Crippen MR) is 120 cm³/mol. The maximum atomic E-state index is 12.6. The van der Waals surface area contributed by atoms with E-state index in [1.807, 2.05) is 32.0 Å². The molecule has 31 heavy (non-hydrogen) atoms. The predicted octanol–water partition coefficient (Wildman–Crippen LogP) is 3.63. The fourth-order valence-electron chi connectivity index (χ4n) is 3.84. The van der Waals surface area contributed by atoms with Gasteiger partial charge in [0.2, 0.25) is 0 Å². The van der Waals surface area contributed by atoms with Gasteiger partial charge in [0.15, 0.2) is 6.61 Å². The number of halogens is 1. The van der Waals surface area contributed by atoms with Crippen LogP contribution in [0.5, 0.6) is 5.75 Å². The number of aryl methyl sites for hydroxylation is 2. The zero-order valence-corrected chi connectivity index (χ0v) is 18.3. The summed E-state index contributed by atoms with van der Waals surface area (Å²) in [6.07, 6.45) is 3.03. The monoisotopic (exact) mass is 440 g/mol. The van der Waals surface area contributed by atoms with Crippen LogP contribution in [0.4, 0.5) is 0 Å². The average Bonchev–Trinajstić information content (AvgIpc) is 3.24. The highest BCUT2D eigenvalue weighted by atomic mass is 35.5. The number of nitrogens with one attached hydrogen (secondary N) is 2. The Morgan fingerprint density at radius 2 is 1.90 bits per heavy atom. The molecule has 0 radical (unpaired) electrons. The number of imidazole rings is 1. The molecule has 4 rings (SSSR count). The summed E-state index contributed by atoms with van der Waals surface area (Å²) in [5, 5.41) is 3.79. The van der Waals surface area contributed by atoms with E-state index in [4.69, 9.17) is 16.3 Å². The van der Waals surface area contributed by atoms with Crippen LogP contribution >= 0.6 is 11.6 Å². The summed E-state index contributed by atoms with van der Waals surface area (Å²) in [7, 11) is 0. The number of amides is 2. The van der Waals surface area contributed by atoms with E-state index >= 15 is 0 Å². The van der Waals surface area contributed by atoms with Crippen LogP contribution in [0.1, 0.15) is 34.3 Å². The molecule has 162 valence electrons. The fraction of sp³-hybridized carbons (Fsp3) is 0.348. The number of rotatable bonds is 5. The zero-order chi connectivity index (χ0) is 22.0. The van der Waals surface area contributed by atoms with Crippen LogP contribution in [0.3, 0.4) is 0 Å². The zero-order valence-electron chi connectivity index (χ0n) is 17.6. The molecule has 3 aromatic rings. The third-order valence-corrected chi connectivity index (χ3v) is 6.23. The fourth-order valence-corrected chi connectivity index (χ4v) is 3.95. The lowest BCUT2D eigenvalue weighted by Crippen LogP contribution is -2.47. The summed E-state index contributed by atoms with van der Waals surface area (Å²) in [5.74, 6) is 0.474. The van der Waals surface area contributed by atoms with Crippen LogP contribution < -0.4 is 10.1 Å². The number of aromatic nitrogens is 2. The van der Waals surface area contributed by atoms with Gasteiger partial charge in [-0.05, 0) is 68.1 Å². The van der Waals surface area contributed by atoms with E-state index in [2.05, 4.69) is 15.3 Å². The van der Waals surface area contributed by atoms with Gasteiger partial charge in [-0.2, -0.15) is 0 Å². The first kappa shape index (κ1) is 21.2. The quantitative estimate of drug-likeness (QED) is 0.634. The summed E-state index contributed by atoms with van der Waals surface area (Å²) in [4.78, 5) is 34.1. The molecule has 1 aromatic heterocycles. The number of carbonyl (C=O) groups is 2. The molecule has 2 heterocycles. The number of hydrogen-bond acceptors (Lipinski definition) is 4. The summed E-state index contributed by atoms with van der Waals surface area (Å²) in [5.41, 5.74) is 4.10. The van der Waals surface area contributed by atoms with Crippen LogP contribution in [-0.4, -0.2) is 52.4 Å². The van der Waals surface area contributed by atoms with Gasteiger partial charge < -0.3 is 19.9 Å². The molecule has 7 nitrogen and oxygen atoms in total. The third-order valence-electron chi connectivity index (χ3n) is 5.64. The van der Waals surface area contributed by atoms with Crippen LogP contribution in [0.2, 0.25) is 5.02 Å². The highest BCUT2D eigenvalue weighted by Gasteiger charge is 2.24. The largest absolute Gasteiger partial charge is 0.484 e. The Kier molecular flexibility index (Phi) is 6.13. The SMILES string of the molecule is Cc1cc(OCC(=O)N2CCC(NC(=O)c3ccc4nc[nH]c4c3)CC2)cc(C)c1Cl. The maximum absolute atomic E-state index is 12.6. The molecule has 0 atom stereocenters. The Morgan fingerprint density at radius 1 is 1.19 bits per heavy atom. The number of ether oxygens (including phenoxy) is 1. The summed E-state index contributed by atoms with van der Waals surface area (Å²) in [6, 6.07) is 9.11. The van der Waals surface area contributed by atoms with Gasteiger partial charge in [-0.3, -0.25) is 9.59 Å². The van der Waals surface area contributed by atoms with Gasteiger partial charge in [0.1, 0.15) is 5.75 Å². The van der Waals surface area contributed by atoms with E-state index in [9.17, 15) is 9.59 Å². The van der Waals surface area contributed by atoms with E-state index in [-0.39, 0.29) is 24.5 Å². The Morgan fingerprint density at radius 3 is 2.61 bits per heavy atom. The van der Waals surface area contributed by atoms with Gasteiger partial charge in [0.25, 0.3) is 11.8 Å². The Bertz CT molecular complexity index is 1100. The average molecular weight is 441 g/mol. The van der Waals surface area contributed by atoms with Crippen molar-refractivity contribution in [2.75, 3.05) is 19.7 Å². The highest BCUT2D eigenvalue weighted by molar-refractivity contribution is 6.32. The lowest BCUT2D eigenvalue weighted by atomic mass is 10.0. The minimum atomic E-state index is -0.113. The van der Waals surface area contributed by atoms with Crippen molar-refractivity contribution in [1.82, 2.24) is 20.2 Å². The number of carbonyl (C=O) groups excluding carboxylic acids is 2. The molecule has 2 N–H and O–H groups in total. The number of benzene rings is 2. The molecule has 0 bridgehead atoms. The summed E-state index contributed by atoms with van der Waals surface area (Å²) >= 11 is 6.18. The van der Waals surface area contributed by atoms with Crippen molar-refractivity contribution in [3.05, 3.63) is 58.4 Å². The standard InChI is InChI=1S/C23H25ClN4O3/c1-14-9-18(10-15(2)22(14)24)31-12-21(29)28-7-5-17(6-8-28)27-23(30)16-3-4-19-20(11-16)26-13-25-19/h3-4,9-11,13,17H,5-8,12H2,1-2H3,(H,25,26)(H,27,30). The van der Waals surface area contributed by atoms with Gasteiger partial charge in [0.05, 0.1) is 17.4 Å². The van der Waals surface area contributed by atoms with Crippen molar-refractivity contribution < 1.29 is 14.3 Å². The number of likely N-dealkylation sites (tertiary alicyclic amines) is 1. The van der Waals surface area contributed by atoms with Crippen molar-refractivity contribution in [3.8, 4) is 5.75 Å². The Balaban J connectivity index is 1.26. The number of piperidine rings is 1. The second kappa shape index (κ2) is 8.98. The molecular weight excluding hydrogens is 416 g/mol. The maximum Gasteiger partial charge on any atom is 0.260 e. The molecule has 0 spiro atoms. The van der Waals surface area contributed by atoms with Crippen molar-refractivity contribution in [1.29, 1.82) is 0 Å². The second-order valence-corrected chi connectivity index (χ2v) is 8.30. The molecule has 8 heteroatoms. The van der Waals surface area contributed by atoms with E-state index in [0.717, 1.165) is 22.2 Å². The van der Waals surface area contributed by atoms with Crippen molar-refractivity contribution >= 4 is 34.4 Å². The highest BCUT2D eigenvalue weighted by Crippen LogP contribution is 2.26. The Hall–Kier alpha value is -3.06. The Labute approximate surface area is 185 Å². The molecule has 1 aliphatic rings. The molecule has 1 saturated heterocycles. The topological polar surface area (TPSA) is 87.3 Å². The smallest absolute Gasteiger partial charge is 0.260 e. The van der Waals surface area contributed by atoms with Gasteiger partial charge in [-0.25, -0.2) is 4.98 Å². The van der Waals surface area contributed by atoms with Crippen LogP contribution in [0, 0.1) is 13.8 Å². The molecule has 1 fully saturated rings. The number of H-pyrrole nitrogens is 1. The normalized spacial score (nSPS) is 14.6. The molecular formula is C23H25ClN4O3. The van der Waals surface area contributed by atoms with Crippen LogP contribution in [0.15, 0.2) is 36.7 Å². The third kappa shape index (κ3) is 4.82. The van der Waals surface area contributed by atoms with Gasteiger partial charge in [-0.1, -0.05) is 11.6 Å². The van der Waals surface area contributed by atoms with Crippen molar-refractivity contribution in [2.24, 2.45) is 0 Å². The number of nitrogens with zero attached hydrogens (tertiary/aromatic N) is 2. The van der Waals surface area contributed by atoms with E-state index in [1.165, 1.54) is 0 Å². The lowest BCUT2D eigenvalue weighted by Gasteiger charge is -2.32. The summed E-state index contributed by atoms with van der Waals surface area (Å²) in [6.45, 7) is 4.99. The van der Waals surface area contributed by atoms with Gasteiger partial charge in [-0.15, -0.1) is 0 Å². The molecule has 2 amide bonds. The first-order valence-corrected chi connectivity index (χ1v) is 10.7. The van der Waals surface area contributed by atoms with Crippen molar-refractivity contribution in [3.63, 3.8) is 0 Å². The molecule has 1 aliphatic heterocycles. The first-order chi connectivity index (χ1) is 14.9. The van der Waals surface area contributed by atoms with Gasteiger partial charge >= 0.3 is 0 Å². The first-order valence-electron chi connectivity index (χ1n) is 10.3. The van der Waals surface area contributed by atoms with Crippen LogP contribution in [0.25, 0.3) is 11.0 Å². The molecule has 0 unspecified atom stereocenters. The lowest BCUT2D eigenvalue weighted by molar-refractivity contribution is -0.134. The molecule has 0 saturated carbocycles. The van der Waals surface area contributed by atoms with E-state index in [1.54, 1.807) is 23.4 Å². The number of fused-ring (bicyclic) bond motifs is 1. The van der Waals surface area contributed by atoms with Crippen molar-refractivity contribution in [2.45, 2.75) is 32.7 Å². The number of hydrogen-bond donors (Lipinski definition) is 2. The number of aromatic amines is 1. The van der Waals surface area contributed by atoms with Gasteiger partial charge in [0, 0.05) is 29.7 Å². The minimum Gasteiger partial charge on any atom is -0.484 e.